The lowest BCUT2D eigenvalue weighted by Crippen LogP contribution is -2.38. The maximum absolute atomic E-state index is 11.1. The number of rotatable bonds is 12. The van der Waals surface area contributed by atoms with Crippen molar-refractivity contribution in [1.29, 1.82) is 0 Å². The Kier molecular flexibility index (Phi) is 8.78. The first-order valence-electron chi connectivity index (χ1n) is 9.36. The molecule has 0 aromatic heterocycles. The van der Waals surface area contributed by atoms with E-state index in [9.17, 15) is 8.42 Å². The molecule has 0 spiro atoms. The maximum atomic E-state index is 11.1. The summed E-state index contributed by atoms with van der Waals surface area (Å²) in [7, 11) is -3.14. The molecule has 0 aliphatic carbocycles. The number of unbranched alkanes of at least 4 members (excludes halogenated alkanes) is 1. The number of benzene rings is 2. The van der Waals surface area contributed by atoms with E-state index < -0.39 is 10.0 Å². The average molecular weight is 391 g/mol. The summed E-state index contributed by atoms with van der Waals surface area (Å²) in [6, 6.07) is 18.6. The predicted octanol–water partition coefficient (Wildman–Crippen LogP) is 3.12. The molecule has 148 valence electrons. The second kappa shape index (κ2) is 11.1. The molecule has 2 aromatic carbocycles. The SMILES string of the molecule is CC(CNS(C)(=O)=O)NCc1ccc(OCCCCc2ccccc2)cc1. The highest BCUT2D eigenvalue weighted by Crippen LogP contribution is 2.13. The van der Waals surface area contributed by atoms with E-state index >= 15 is 0 Å². The Morgan fingerprint density at radius 1 is 0.963 bits per heavy atom. The highest BCUT2D eigenvalue weighted by molar-refractivity contribution is 7.88. The van der Waals surface area contributed by atoms with E-state index in [1.165, 1.54) is 11.8 Å². The highest BCUT2D eigenvalue weighted by Gasteiger charge is 2.06. The number of sulfonamides is 1. The van der Waals surface area contributed by atoms with E-state index in [1.807, 2.05) is 37.3 Å². The van der Waals surface area contributed by atoms with Crippen LogP contribution in [-0.2, 0) is 23.0 Å². The first kappa shape index (κ1) is 21.4. The van der Waals surface area contributed by atoms with Crippen LogP contribution in [0.25, 0.3) is 0 Å². The summed E-state index contributed by atoms with van der Waals surface area (Å²) in [5, 5.41) is 3.30. The Balaban J connectivity index is 1.61. The Labute approximate surface area is 163 Å². The topological polar surface area (TPSA) is 67.4 Å². The van der Waals surface area contributed by atoms with Gasteiger partial charge in [-0.15, -0.1) is 0 Å². The zero-order chi connectivity index (χ0) is 19.5. The molecule has 0 radical (unpaired) electrons. The molecule has 2 N–H and O–H groups in total. The van der Waals surface area contributed by atoms with Crippen LogP contribution < -0.4 is 14.8 Å². The second-order valence-electron chi connectivity index (χ2n) is 6.84. The summed E-state index contributed by atoms with van der Waals surface area (Å²) in [5.74, 6) is 0.880. The minimum atomic E-state index is -3.14. The summed E-state index contributed by atoms with van der Waals surface area (Å²) < 4.78 is 30.5. The minimum absolute atomic E-state index is 0.0558. The molecule has 1 atom stereocenters. The van der Waals surface area contributed by atoms with Gasteiger partial charge in [0.2, 0.25) is 10.0 Å². The number of ether oxygens (including phenoxy) is 1. The molecule has 0 aliphatic rings. The average Bonchev–Trinajstić information content (AvgIpc) is 2.65. The van der Waals surface area contributed by atoms with Crippen molar-refractivity contribution in [3.63, 3.8) is 0 Å². The molecule has 0 saturated carbocycles. The third kappa shape index (κ3) is 9.56. The van der Waals surface area contributed by atoms with Crippen LogP contribution in [0.5, 0.6) is 5.75 Å². The van der Waals surface area contributed by atoms with Crippen molar-refractivity contribution in [3.8, 4) is 5.75 Å². The molecule has 0 fully saturated rings. The zero-order valence-electron chi connectivity index (χ0n) is 16.1. The van der Waals surface area contributed by atoms with Gasteiger partial charge in [-0.3, -0.25) is 0 Å². The fourth-order valence-corrected chi connectivity index (χ4v) is 3.16. The van der Waals surface area contributed by atoms with E-state index in [1.54, 1.807) is 0 Å². The third-order valence-electron chi connectivity index (χ3n) is 4.20. The summed E-state index contributed by atoms with van der Waals surface area (Å²) >= 11 is 0. The van der Waals surface area contributed by atoms with Gasteiger partial charge >= 0.3 is 0 Å². The van der Waals surface area contributed by atoms with Gasteiger partial charge in [-0.05, 0) is 49.4 Å². The second-order valence-corrected chi connectivity index (χ2v) is 8.67. The van der Waals surface area contributed by atoms with Crippen LogP contribution in [0, 0.1) is 0 Å². The van der Waals surface area contributed by atoms with Gasteiger partial charge < -0.3 is 10.1 Å². The molecule has 0 saturated heterocycles. The van der Waals surface area contributed by atoms with Gasteiger partial charge in [0.25, 0.3) is 0 Å². The first-order valence-corrected chi connectivity index (χ1v) is 11.3. The monoisotopic (exact) mass is 390 g/mol. The summed E-state index contributed by atoms with van der Waals surface area (Å²) in [6.45, 7) is 3.73. The molecule has 5 nitrogen and oxygen atoms in total. The molecule has 6 heteroatoms. The lowest BCUT2D eigenvalue weighted by molar-refractivity contribution is 0.307. The molecule has 2 rings (SSSR count). The van der Waals surface area contributed by atoms with Gasteiger partial charge in [0.1, 0.15) is 5.75 Å². The summed E-state index contributed by atoms with van der Waals surface area (Å²) in [6.07, 6.45) is 4.40. The van der Waals surface area contributed by atoms with Crippen LogP contribution >= 0.6 is 0 Å². The number of aryl methyl sites for hydroxylation is 1. The van der Waals surface area contributed by atoms with Gasteiger partial charge in [-0.2, -0.15) is 0 Å². The summed E-state index contributed by atoms with van der Waals surface area (Å²) in [4.78, 5) is 0. The maximum Gasteiger partial charge on any atom is 0.208 e. The zero-order valence-corrected chi connectivity index (χ0v) is 17.0. The van der Waals surface area contributed by atoms with Crippen molar-refractivity contribution >= 4 is 10.0 Å². The predicted molar refractivity (Wildman–Crippen MR) is 110 cm³/mol. The van der Waals surface area contributed by atoms with Crippen LogP contribution in [0.2, 0.25) is 0 Å². The Hall–Kier alpha value is -1.89. The largest absolute Gasteiger partial charge is 0.494 e. The van der Waals surface area contributed by atoms with Crippen molar-refractivity contribution < 1.29 is 13.2 Å². The fraction of sp³-hybridized carbons (Fsp3) is 0.429. The highest BCUT2D eigenvalue weighted by atomic mass is 32.2. The number of hydrogen-bond donors (Lipinski definition) is 2. The number of hydrogen-bond acceptors (Lipinski definition) is 4. The Morgan fingerprint density at radius 3 is 2.33 bits per heavy atom. The molecular weight excluding hydrogens is 360 g/mol. The first-order chi connectivity index (χ1) is 12.9. The lowest BCUT2D eigenvalue weighted by Gasteiger charge is -2.14. The molecule has 0 aliphatic heterocycles. The lowest BCUT2D eigenvalue weighted by atomic mass is 10.1. The summed E-state index contributed by atoms with van der Waals surface area (Å²) in [5.41, 5.74) is 2.51. The van der Waals surface area contributed by atoms with Crippen molar-refractivity contribution in [2.75, 3.05) is 19.4 Å². The smallest absolute Gasteiger partial charge is 0.208 e. The van der Waals surface area contributed by atoms with Crippen molar-refractivity contribution in [2.24, 2.45) is 0 Å². The minimum Gasteiger partial charge on any atom is -0.494 e. The Bertz CT molecular complexity index is 762. The van der Waals surface area contributed by atoms with E-state index in [0.29, 0.717) is 13.1 Å². The molecular formula is C21H30N2O3S. The normalized spacial score (nSPS) is 12.7. The molecule has 0 heterocycles. The van der Waals surface area contributed by atoms with E-state index in [2.05, 4.69) is 34.3 Å². The van der Waals surface area contributed by atoms with E-state index in [-0.39, 0.29) is 6.04 Å². The standard InChI is InChI=1S/C21H30N2O3S/c1-18(16-23-27(2,24)25)22-17-20-11-13-21(14-12-20)26-15-7-6-10-19-8-4-3-5-9-19/h3-5,8-9,11-14,18,22-23H,6-7,10,15-17H2,1-2H3. The van der Waals surface area contributed by atoms with Gasteiger partial charge in [-0.25, -0.2) is 13.1 Å². The van der Waals surface area contributed by atoms with Crippen LogP contribution in [0.3, 0.4) is 0 Å². The molecule has 27 heavy (non-hydrogen) atoms. The molecule has 0 bridgehead atoms. The fourth-order valence-electron chi connectivity index (χ4n) is 2.61. The van der Waals surface area contributed by atoms with Gasteiger partial charge in [0, 0.05) is 19.1 Å². The van der Waals surface area contributed by atoms with Crippen LogP contribution in [0.1, 0.15) is 30.9 Å². The van der Waals surface area contributed by atoms with Crippen molar-refractivity contribution in [1.82, 2.24) is 10.0 Å². The van der Waals surface area contributed by atoms with Crippen molar-refractivity contribution in [3.05, 3.63) is 65.7 Å². The molecule has 2 aromatic rings. The van der Waals surface area contributed by atoms with Gasteiger partial charge in [-0.1, -0.05) is 42.5 Å². The third-order valence-corrected chi connectivity index (χ3v) is 4.89. The van der Waals surface area contributed by atoms with E-state index in [4.69, 9.17) is 4.74 Å². The Morgan fingerprint density at radius 2 is 1.67 bits per heavy atom. The van der Waals surface area contributed by atoms with E-state index in [0.717, 1.165) is 37.2 Å². The van der Waals surface area contributed by atoms with Crippen LogP contribution in [0.4, 0.5) is 0 Å². The molecule has 1 unspecified atom stereocenters. The number of nitrogens with one attached hydrogen (secondary N) is 2. The van der Waals surface area contributed by atoms with Crippen LogP contribution in [-0.4, -0.2) is 33.9 Å². The van der Waals surface area contributed by atoms with Gasteiger partial charge in [0.15, 0.2) is 0 Å². The molecule has 0 amide bonds. The quantitative estimate of drug-likeness (QED) is 0.547. The van der Waals surface area contributed by atoms with Crippen molar-refractivity contribution in [2.45, 2.75) is 38.8 Å². The van der Waals surface area contributed by atoms with Gasteiger partial charge in [0.05, 0.1) is 12.9 Å². The van der Waals surface area contributed by atoms with Crippen LogP contribution in [0.15, 0.2) is 54.6 Å².